The van der Waals surface area contributed by atoms with E-state index in [9.17, 15) is 0 Å². The van der Waals surface area contributed by atoms with Crippen LogP contribution in [0.5, 0.6) is 0 Å². The molecule has 1 saturated heterocycles. The molecule has 0 aromatic carbocycles. The van der Waals surface area contributed by atoms with Crippen molar-refractivity contribution in [3.8, 4) is 0 Å². The first kappa shape index (κ1) is 14.1. The monoisotopic (exact) mass is 252 g/mol. The molecule has 0 N–H and O–H groups in total. The molecule has 0 aromatic heterocycles. The highest BCUT2D eigenvalue weighted by atomic mass is 16.7. The lowest BCUT2D eigenvalue weighted by Crippen LogP contribution is -2.41. The molecule has 1 aliphatic heterocycles. The fourth-order valence-corrected chi connectivity index (χ4v) is 2.88. The third-order valence-electron chi connectivity index (χ3n) is 5.52. The Labute approximate surface area is 112 Å². The Morgan fingerprint density at radius 2 is 1.56 bits per heavy atom. The minimum atomic E-state index is -0.205. The number of ether oxygens (including phenoxy) is 2. The second kappa shape index (κ2) is 4.08. The van der Waals surface area contributed by atoms with Crippen molar-refractivity contribution >= 4 is 0 Å². The van der Waals surface area contributed by atoms with E-state index in [0.717, 1.165) is 12.8 Å². The maximum atomic E-state index is 6.11. The molecule has 0 spiro atoms. The van der Waals surface area contributed by atoms with Crippen LogP contribution in [0.15, 0.2) is 11.6 Å². The van der Waals surface area contributed by atoms with Gasteiger partial charge in [-0.2, -0.15) is 0 Å². The first-order valence-electron chi connectivity index (χ1n) is 7.09. The van der Waals surface area contributed by atoms with E-state index in [1.165, 1.54) is 5.57 Å². The van der Waals surface area contributed by atoms with E-state index >= 15 is 0 Å². The number of rotatable bonds is 2. The fourth-order valence-electron chi connectivity index (χ4n) is 2.88. The third kappa shape index (κ3) is 2.14. The molecule has 2 rings (SSSR count). The Balaban J connectivity index is 2.02. The Morgan fingerprint density at radius 1 is 1.06 bits per heavy atom. The van der Waals surface area contributed by atoms with E-state index < -0.39 is 0 Å². The summed E-state index contributed by atoms with van der Waals surface area (Å²) in [6, 6.07) is 0. The Bertz CT molecular complexity index is 347. The minimum Gasteiger partial charge on any atom is -0.344 e. The van der Waals surface area contributed by atoms with Crippen molar-refractivity contribution in [1.29, 1.82) is 0 Å². The van der Waals surface area contributed by atoms with Crippen LogP contribution in [0.3, 0.4) is 0 Å². The first-order valence-corrected chi connectivity index (χ1v) is 7.09. The molecule has 0 unspecified atom stereocenters. The van der Waals surface area contributed by atoms with Gasteiger partial charge in [-0.25, -0.2) is 0 Å². The summed E-state index contributed by atoms with van der Waals surface area (Å²) in [7, 11) is 0. The van der Waals surface area contributed by atoms with Gasteiger partial charge < -0.3 is 9.47 Å². The van der Waals surface area contributed by atoms with Crippen LogP contribution >= 0.6 is 0 Å². The molecule has 2 heteroatoms. The van der Waals surface area contributed by atoms with Crippen molar-refractivity contribution in [2.24, 2.45) is 11.3 Å². The van der Waals surface area contributed by atoms with Gasteiger partial charge in [-0.15, -0.1) is 0 Å². The topological polar surface area (TPSA) is 18.5 Å². The average Bonchev–Trinajstić information content (AvgIpc) is 2.54. The fraction of sp³-hybridized carbons (Fsp3) is 0.875. The molecule has 0 aromatic rings. The molecule has 1 heterocycles. The predicted octanol–water partition coefficient (Wildman–Crippen LogP) is 4.30. The molecule has 1 aliphatic carbocycles. The van der Waals surface area contributed by atoms with Crippen molar-refractivity contribution in [1.82, 2.24) is 0 Å². The van der Waals surface area contributed by atoms with Crippen LogP contribution in [0.25, 0.3) is 0 Å². The molecule has 18 heavy (non-hydrogen) atoms. The molecule has 0 saturated carbocycles. The zero-order chi connectivity index (χ0) is 13.8. The van der Waals surface area contributed by atoms with Gasteiger partial charge in [-0.05, 0) is 52.4 Å². The molecule has 1 fully saturated rings. The van der Waals surface area contributed by atoms with Crippen molar-refractivity contribution in [2.75, 3.05) is 0 Å². The molecular formula is C16H28O2. The summed E-state index contributed by atoms with van der Waals surface area (Å²) in [5.74, 6) is 0.632. The van der Waals surface area contributed by atoms with Crippen molar-refractivity contribution in [3.63, 3.8) is 0 Å². The molecule has 104 valence electrons. The lowest BCUT2D eigenvalue weighted by Gasteiger charge is -2.31. The van der Waals surface area contributed by atoms with Gasteiger partial charge in [0.1, 0.15) is 0 Å². The predicted molar refractivity (Wildman–Crippen MR) is 74.4 cm³/mol. The van der Waals surface area contributed by atoms with E-state index in [1.807, 2.05) is 0 Å². The number of hydrogen-bond acceptors (Lipinski definition) is 2. The highest BCUT2D eigenvalue weighted by Crippen LogP contribution is 2.48. The van der Waals surface area contributed by atoms with Crippen LogP contribution in [0.4, 0.5) is 0 Å². The summed E-state index contributed by atoms with van der Waals surface area (Å²) in [6.07, 6.45) is 4.46. The normalized spacial score (nSPS) is 33.7. The molecule has 0 bridgehead atoms. The molecule has 2 aliphatic rings. The van der Waals surface area contributed by atoms with E-state index in [2.05, 4.69) is 54.5 Å². The van der Waals surface area contributed by atoms with Gasteiger partial charge in [-0.1, -0.05) is 25.5 Å². The second-order valence-corrected chi connectivity index (χ2v) is 7.46. The zero-order valence-electron chi connectivity index (χ0n) is 13.0. The summed E-state index contributed by atoms with van der Waals surface area (Å²) >= 11 is 0. The summed E-state index contributed by atoms with van der Waals surface area (Å²) < 4.78 is 12.2. The van der Waals surface area contributed by atoms with Gasteiger partial charge in [0, 0.05) is 6.42 Å². The summed E-state index contributed by atoms with van der Waals surface area (Å²) in [4.78, 5) is 0. The Morgan fingerprint density at radius 3 is 1.94 bits per heavy atom. The van der Waals surface area contributed by atoms with E-state index in [1.54, 1.807) is 0 Å². The lowest BCUT2D eigenvalue weighted by molar-refractivity contribution is -0.104. The second-order valence-electron chi connectivity index (χ2n) is 7.46. The summed E-state index contributed by atoms with van der Waals surface area (Å²) in [5, 5.41) is 0. The lowest BCUT2D eigenvalue weighted by atomic mass is 9.76. The molecule has 1 atom stereocenters. The van der Waals surface area contributed by atoms with Crippen molar-refractivity contribution in [3.05, 3.63) is 11.6 Å². The van der Waals surface area contributed by atoms with Crippen LogP contribution < -0.4 is 0 Å². The highest BCUT2D eigenvalue weighted by Gasteiger charge is 2.50. The number of hydrogen-bond donors (Lipinski definition) is 0. The highest BCUT2D eigenvalue weighted by molar-refractivity contribution is 5.18. The van der Waals surface area contributed by atoms with E-state index in [-0.39, 0.29) is 22.9 Å². The molecular weight excluding hydrogens is 224 g/mol. The SMILES string of the molecule is CC1=CC[C@@H](CC2OC(C)(C)C(C)(C)O2)C1(C)C. The van der Waals surface area contributed by atoms with Gasteiger partial charge in [0.2, 0.25) is 0 Å². The van der Waals surface area contributed by atoms with Crippen LogP contribution in [0.2, 0.25) is 0 Å². The Kier molecular flexibility index (Phi) is 3.19. The minimum absolute atomic E-state index is 0.0569. The molecule has 0 radical (unpaired) electrons. The van der Waals surface area contributed by atoms with Crippen LogP contribution in [-0.2, 0) is 9.47 Å². The van der Waals surface area contributed by atoms with Crippen molar-refractivity contribution < 1.29 is 9.47 Å². The summed E-state index contributed by atoms with van der Waals surface area (Å²) in [5.41, 5.74) is 1.37. The van der Waals surface area contributed by atoms with Gasteiger partial charge in [0.05, 0.1) is 11.2 Å². The van der Waals surface area contributed by atoms with E-state index in [0.29, 0.717) is 5.92 Å². The van der Waals surface area contributed by atoms with Crippen LogP contribution in [0, 0.1) is 11.3 Å². The molecule has 2 nitrogen and oxygen atoms in total. The Hall–Kier alpha value is -0.340. The maximum absolute atomic E-state index is 6.11. The van der Waals surface area contributed by atoms with Gasteiger partial charge in [0.25, 0.3) is 0 Å². The summed E-state index contributed by atoms with van der Waals surface area (Å²) in [6.45, 7) is 15.4. The van der Waals surface area contributed by atoms with E-state index in [4.69, 9.17) is 9.47 Å². The quantitative estimate of drug-likeness (QED) is 0.682. The first-order chi connectivity index (χ1) is 8.06. The molecule has 0 amide bonds. The zero-order valence-corrected chi connectivity index (χ0v) is 13.0. The van der Waals surface area contributed by atoms with Gasteiger partial charge >= 0.3 is 0 Å². The van der Waals surface area contributed by atoms with Crippen molar-refractivity contribution in [2.45, 2.75) is 78.8 Å². The van der Waals surface area contributed by atoms with Gasteiger partial charge in [-0.3, -0.25) is 0 Å². The largest absolute Gasteiger partial charge is 0.344 e. The standard InChI is InChI=1S/C16H28O2/c1-11-8-9-12(14(11,2)3)10-13-17-15(4,5)16(6,7)18-13/h8,12-13H,9-10H2,1-7H3/t12-/m0/s1. The number of allylic oxidation sites excluding steroid dienone is 2. The average molecular weight is 252 g/mol. The maximum Gasteiger partial charge on any atom is 0.159 e. The van der Waals surface area contributed by atoms with Crippen LogP contribution in [0.1, 0.15) is 61.3 Å². The smallest absolute Gasteiger partial charge is 0.159 e. The van der Waals surface area contributed by atoms with Crippen LogP contribution in [-0.4, -0.2) is 17.5 Å². The third-order valence-corrected chi connectivity index (χ3v) is 5.52. The van der Waals surface area contributed by atoms with Gasteiger partial charge in [0.15, 0.2) is 6.29 Å².